The quantitative estimate of drug-likeness (QED) is 0.854. The first-order chi connectivity index (χ1) is 11.7. The van der Waals surface area contributed by atoms with Gasteiger partial charge in [0.25, 0.3) is 5.91 Å². The lowest BCUT2D eigenvalue weighted by Gasteiger charge is -2.21. The van der Waals surface area contributed by atoms with Crippen LogP contribution >= 0.6 is 0 Å². The molecule has 4 heterocycles. The molecule has 0 saturated carbocycles. The number of amides is 1. The Morgan fingerprint density at radius 1 is 1.17 bits per heavy atom. The van der Waals surface area contributed by atoms with Gasteiger partial charge in [-0.25, -0.2) is 4.98 Å². The van der Waals surface area contributed by atoms with Crippen molar-refractivity contribution in [3.8, 4) is 0 Å². The van der Waals surface area contributed by atoms with Gasteiger partial charge in [-0.1, -0.05) is 6.07 Å². The number of carbonyl (C=O) groups is 1. The summed E-state index contributed by atoms with van der Waals surface area (Å²) < 4.78 is 0. The minimum Gasteiger partial charge on any atom is -0.337 e. The molecule has 0 aliphatic carbocycles. The number of hydrogen-bond acceptors (Lipinski definition) is 5. The van der Waals surface area contributed by atoms with Gasteiger partial charge in [-0.05, 0) is 30.9 Å². The molecule has 2 atom stereocenters. The van der Waals surface area contributed by atoms with E-state index in [2.05, 4.69) is 32.0 Å². The number of carbonyl (C=O) groups excluding carboxylic acids is 1. The van der Waals surface area contributed by atoms with Crippen molar-refractivity contribution >= 4 is 5.91 Å². The molecule has 0 bridgehead atoms. The van der Waals surface area contributed by atoms with Crippen LogP contribution < -0.4 is 0 Å². The Balaban J connectivity index is 1.36. The van der Waals surface area contributed by atoms with Crippen LogP contribution in [0.5, 0.6) is 0 Å². The highest BCUT2D eigenvalue weighted by atomic mass is 16.2. The van der Waals surface area contributed by atoms with Gasteiger partial charge in [0.15, 0.2) is 0 Å². The highest BCUT2D eigenvalue weighted by molar-refractivity contribution is 5.92. The molecule has 2 aromatic heterocycles. The van der Waals surface area contributed by atoms with E-state index in [1.165, 1.54) is 0 Å². The molecule has 24 heavy (non-hydrogen) atoms. The first kappa shape index (κ1) is 15.2. The van der Waals surface area contributed by atoms with Crippen molar-refractivity contribution < 1.29 is 4.79 Å². The van der Waals surface area contributed by atoms with Gasteiger partial charge < -0.3 is 4.90 Å². The molecule has 2 aliphatic rings. The van der Waals surface area contributed by atoms with Crippen LogP contribution in [0, 0.1) is 18.8 Å². The van der Waals surface area contributed by atoms with E-state index in [0.717, 1.165) is 44.1 Å². The number of aryl methyl sites for hydroxylation is 1. The van der Waals surface area contributed by atoms with E-state index in [1.807, 2.05) is 17.9 Å². The average Bonchev–Trinajstić information content (AvgIpc) is 3.13. The van der Waals surface area contributed by atoms with Gasteiger partial charge in [0.1, 0.15) is 5.69 Å². The third kappa shape index (κ3) is 3.01. The fourth-order valence-electron chi connectivity index (χ4n) is 3.87. The Morgan fingerprint density at radius 2 is 1.96 bits per heavy atom. The topological polar surface area (TPSA) is 62.2 Å². The van der Waals surface area contributed by atoms with Crippen molar-refractivity contribution in [3.63, 3.8) is 0 Å². The van der Waals surface area contributed by atoms with Gasteiger partial charge in [0.05, 0.1) is 11.9 Å². The number of fused-ring (bicyclic) bond motifs is 1. The highest BCUT2D eigenvalue weighted by Gasteiger charge is 2.41. The normalized spacial score (nSPS) is 23.5. The van der Waals surface area contributed by atoms with E-state index in [9.17, 15) is 4.79 Å². The first-order valence-electron chi connectivity index (χ1n) is 8.39. The fourth-order valence-corrected chi connectivity index (χ4v) is 3.87. The molecule has 124 valence electrons. The summed E-state index contributed by atoms with van der Waals surface area (Å²) in [6, 6.07) is 6.18. The Bertz CT molecular complexity index is 721. The lowest BCUT2D eigenvalue weighted by molar-refractivity contribution is 0.0767. The zero-order valence-corrected chi connectivity index (χ0v) is 13.8. The van der Waals surface area contributed by atoms with Crippen molar-refractivity contribution in [2.75, 3.05) is 26.2 Å². The van der Waals surface area contributed by atoms with Crippen molar-refractivity contribution in [3.05, 3.63) is 53.9 Å². The zero-order chi connectivity index (χ0) is 16.5. The van der Waals surface area contributed by atoms with Gasteiger partial charge in [-0.15, -0.1) is 0 Å². The van der Waals surface area contributed by atoms with E-state index in [-0.39, 0.29) is 5.91 Å². The maximum absolute atomic E-state index is 12.5. The summed E-state index contributed by atoms with van der Waals surface area (Å²) >= 11 is 0. The van der Waals surface area contributed by atoms with E-state index >= 15 is 0 Å². The van der Waals surface area contributed by atoms with E-state index in [0.29, 0.717) is 17.5 Å². The zero-order valence-electron chi connectivity index (χ0n) is 13.8. The van der Waals surface area contributed by atoms with Gasteiger partial charge in [0, 0.05) is 50.8 Å². The largest absolute Gasteiger partial charge is 0.337 e. The van der Waals surface area contributed by atoms with E-state index in [4.69, 9.17) is 0 Å². The summed E-state index contributed by atoms with van der Waals surface area (Å²) in [5.41, 5.74) is 2.63. The number of likely N-dealkylation sites (tertiary alicyclic amines) is 2. The summed E-state index contributed by atoms with van der Waals surface area (Å²) in [5.74, 6) is 1.11. The molecule has 0 radical (unpaired) electrons. The van der Waals surface area contributed by atoms with Crippen molar-refractivity contribution in [1.82, 2.24) is 24.8 Å². The molecule has 0 unspecified atom stereocenters. The maximum Gasteiger partial charge on any atom is 0.274 e. The number of rotatable bonds is 3. The fraction of sp³-hybridized carbons (Fsp3) is 0.444. The van der Waals surface area contributed by atoms with Crippen molar-refractivity contribution in [2.45, 2.75) is 13.5 Å². The Hall–Kier alpha value is -2.34. The molecule has 4 rings (SSSR count). The molecule has 2 saturated heterocycles. The third-order valence-corrected chi connectivity index (χ3v) is 4.96. The lowest BCUT2D eigenvalue weighted by Crippen LogP contribution is -2.33. The van der Waals surface area contributed by atoms with Gasteiger partial charge >= 0.3 is 0 Å². The summed E-state index contributed by atoms with van der Waals surface area (Å²) in [6.07, 6.45) is 4.71. The van der Waals surface area contributed by atoms with Crippen LogP contribution in [-0.2, 0) is 6.54 Å². The molecule has 2 aliphatic heterocycles. The minimum absolute atomic E-state index is 0.00407. The number of aromatic nitrogens is 3. The molecule has 2 aromatic rings. The minimum atomic E-state index is 0.00407. The second-order valence-corrected chi connectivity index (χ2v) is 6.79. The third-order valence-electron chi connectivity index (χ3n) is 4.96. The maximum atomic E-state index is 12.5. The van der Waals surface area contributed by atoms with Crippen molar-refractivity contribution in [2.24, 2.45) is 11.8 Å². The Kier molecular flexibility index (Phi) is 3.98. The number of nitrogens with zero attached hydrogens (tertiary/aromatic N) is 5. The number of hydrogen-bond donors (Lipinski definition) is 0. The Morgan fingerprint density at radius 3 is 2.62 bits per heavy atom. The molecule has 0 spiro atoms. The lowest BCUT2D eigenvalue weighted by atomic mass is 10.0. The van der Waals surface area contributed by atoms with Crippen LogP contribution in [0.1, 0.15) is 21.9 Å². The summed E-state index contributed by atoms with van der Waals surface area (Å²) in [4.78, 5) is 29.6. The molecular formula is C18H21N5O. The number of pyridine rings is 1. The summed E-state index contributed by atoms with van der Waals surface area (Å²) in [5, 5.41) is 0. The molecule has 6 heteroatoms. The first-order valence-corrected chi connectivity index (χ1v) is 8.39. The Labute approximate surface area is 141 Å². The molecule has 0 N–H and O–H groups in total. The molecule has 1 amide bonds. The summed E-state index contributed by atoms with van der Waals surface area (Å²) in [7, 11) is 0. The van der Waals surface area contributed by atoms with Crippen LogP contribution in [0.15, 0.2) is 36.8 Å². The van der Waals surface area contributed by atoms with Crippen LogP contribution in [0.25, 0.3) is 0 Å². The molecule has 6 nitrogen and oxygen atoms in total. The predicted octanol–water partition coefficient (Wildman–Crippen LogP) is 1.38. The molecular weight excluding hydrogens is 302 g/mol. The standard InChI is InChI=1S/C18H21N5O/c1-13-3-2-4-16(21-13)12-22-8-14-10-23(11-15(14)9-22)18(24)17-7-19-5-6-20-17/h2-7,14-15H,8-12H2,1H3/t14-,15-/m0/s1. The monoisotopic (exact) mass is 323 g/mol. The van der Waals surface area contributed by atoms with E-state index < -0.39 is 0 Å². The van der Waals surface area contributed by atoms with Crippen LogP contribution in [-0.4, -0.2) is 56.8 Å². The highest BCUT2D eigenvalue weighted by Crippen LogP contribution is 2.32. The van der Waals surface area contributed by atoms with E-state index in [1.54, 1.807) is 18.6 Å². The van der Waals surface area contributed by atoms with Gasteiger partial charge in [-0.2, -0.15) is 0 Å². The van der Waals surface area contributed by atoms with Gasteiger partial charge in [-0.3, -0.25) is 19.7 Å². The van der Waals surface area contributed by atoms with Crippen molar-refractivity contribution in [1.29, 1.82) is 0 Å². The molecule has 0 aromatic carbocycles. The van der Waals surface area contributed by atoms with Crippen LogP contribution in [0.4, 0.5) is 0 Å². The van der Waals surface area contributed by atoms with Crippen LogP contribution in [0.2, 0.25) is 0 Å². The van der Waals surface area contributed by atoms with Gasteiger partial charge in [0.2, 0.25) is 0 Å². The second-order valence-electron chi connectivity index (χ2n) is 6.79. The second kappa shape index (κ2) is 6.28. The van der Waals surface area contributed by atoms with Crippen LogP contribution in [0.3, 0.4) is 0 Å². The molecule has 2 fully saturated rings. The summed E-state index contributed by atoms with van der Waals surface area (Å²) in [6.45, 7) is 6.62. The average molecular weight is 323 g/mol. The smallest absolute Gasteiger partial charge is 0.274 e. The predicted molar refractivity (Wildman–Crippen MR) is 89.2 cm³/mol. The SMILES string of the molecule is Cc1cccc(CN2C[C@H]3CN(C(=O)c4cnccn4)C[C@@H]3C2)n1.